The quantitative estimate of drug-likeness (QED) is 0.532. The second kappa shape index (κ2) is 10.0. The van der Waals surface area contributed by atoms with Gasteiger partial charge in [-0.05, 0) is 43.3 Å². The van der Waals surface area contributed by atoms with E-state index in [1.54, 1.807) is 47.4 Å². The molecule has 0 aliphatic carbocycles. The van der Waals surface area contributed by atoms with Crippen LogP contribution in [0, 0.1) is 5.92 Å². The number of carbonyl (C=O) groups excluding carboxylic acids is 2. The van der Waals surface area contributed by atoms with Gasteiger partial charge in [-0.15, -0.1) is 11.3 Å². The van der Waals surface area contributed by atoms with Crippen molar-refractivity contribution in [2.45, 2.75) is 18.2 Å². The van der Waals surface area contributed by atoms with Gasteiger partial charge in [-0.1, -0.05) is 37.7 Å². The molecule has 0 radical (unpaired) electrons. The van der Waals surface area contributed by atoms with Crippen molar-refractivity contribution in [1.82, 2.24) is 14.8 Å². The van der Waals surface area contributed by atoms with Gasteiger partial charge in [0.15, 0.2) is 4.34 Å². The molecule has 4 rings (SSSR count). The number of hydrogen-bond acceptors (Lipinski definition) is 6. The maximum absolute atomic E-state index is 13.1. The van der Waals surface area contributed by atoms with Gasteiger partial charge in [0.05, 0.1) is 21.3 Å². The zero-order valence-corrected chi connectivity index (χ0v) is 20.3. The molecule has 0 spiro atoms. The molecule has 1 saturated heterocycles. The van der Waals surface area contributed by atoms with Crippen molar-refractivity contribution in [3.63, 3.8) is 0 Å². The fraction of sp³-hybridized carbons (Fsp3) is 0.375. The Hall–Kier alpha value is -2.42. The molecule has 2 heterocycles. The Morgan fingerprint density at radius 2 is 1.81 bits per heavy atom. The van der Waals surface area contributed by atoms with Gasteiger partial charge in [-0.25, -0.2) is 4.98 Å². The van der Waals surface area contributed by atoms with Gasteiger partial charge in [-0.2, -0.15) is 0 Å². The zero-order valence-electron chi connectivity index (χ0n) is 18.6. The lowest BCUT2D eigenvalue weighted by Crippen LogP contribution is -2.47. The molecule has 32 heavy (non-hydrogen) atoms. The maximum Gasteiger partial charge on any atom is 0.256 e. The molecule has 168 valence electrons. The Balaban J connectivity index is 1.50. The molecule has 1 fully saturated rings. The van der Waals surface area contributed by atoms with Gasteiger partial charge in [0, 0.05) is 37.6 Å². The molecule has 2 amide bonds. The van der Waals surface area contributed by atoms with Crippen molar-refractivity contribution >= 4 is 50.8 Å². The average Bonchev–Trinajstić information content (AvgIpc) is 3.20. The summed E-state index contributed by atoms with van der Waals surface area (Å²) in [6.45, 7) is 7.41. The molecule has 1 aromatic heterocycles. The van der Waals surface area contributed by atoms with Crippen molar-refractivity contribution in [2.24, 2.45) is 5.92 Å². The Morgan fingerprint density at radius 3 is 2.53 bits per heavy atom. The van der Waals surface area contributed by atoms with E-state index in [0.29, 0.717) is 35.8 Å². The number of aromatic nitrogens is 1. The van der Waals surface area contributed by atoms with Crippen LogP contribution in [0.15, 0.2) is 46.8 Å². The second-order valence-electron chi connectivity index (χ2n) is 8.46. The number of likely N-dealkylation sites (N-methyl/N-ethyl adjacent to an activating group) is 1. The number of piperazine rings is 1. The SMILES string of the molecule is CC(C)CSc1nc2ccc(NC(=O)c3ccccc3C(=O)N3CCN(C)CC3)cc2s1. The second-order valence-corrected chi connectivity index (χ2v) is 10.8. The van der Waals surface area contributed by atoms with Crippen molar-refractivity contribution in [1.29, 1.82) is 0 Å². The van der Waals surface area contributed by atoms with Gasteiger partial charge < -0.3 is 15.1 Å². The minimum absolute atomic E-state index is 0.0893. The van der Waals surface area contributed by atoms with E-state index >= 15 is 0 Å². The number of rotatable bonds is 6. The predicted octanol–water partition coefficient (Wildman–Crippen LogP) is 4.68. The first-order chi connectivity index (χ1) is 15.4. The molecule has 0 bridgehead atoms. The van der Waals surface area contributed by atoms with Crippen molar-refractivity contribution in [3.05, 3.63) is 53.6 Å². The number of fused-ring (bicyclic) bond motifs is 1. The summed E-state index contributed by atoms with van der Waals surface area (Å²) in [5, 5.41) is 2.97. The number of thioether (sulfide) groups is 1. The lowest BCUT2D eigenvalue weighted by molar-refractivity contribution is 0.0660. The third-order valence-corrected chi connectivity index (χ3v) is 7.95. The highest BCUT2D eigenvalue weighted by atomic mass is 32.2. The smallest absolute Gasteiger partial charge is 0.256 e. The molecule has 2 aromatic carbocycles. The Bertz CT molecular complexity index is 1120. The maximum atomic E-state index is 13.1. The zero-order chi connectivity index (χ0) is 22.7. The molecular formula is C24H28N4O2S2. The van der Waals surface area contributed by atoms with Crippen LogP contribution in [0.4, 0.5) is 5.69 Å². The first-order valence-electron chi connectivity index (χ1n) is 10.8. The van der Waals surface area contributed by atoms with Crippen LogP contribution in [-0.2, 0) is 0 Å². The molecule has 8 heteroatoms. The lowest BCUT2D eigenvalue weighted by Gasteiger charge is -2.32. The number of amides is 2. The molecule has 1 N–H and O–H groups in total. The van der Waals surface area contributed by atoms with Crippen LogP contribution in [0.25, 0.3) is 10.2 Å². The number of nitrogens with zero attached hydrogens (tertiary/aromatic N) is 3. The molecule has 3 aromatic rings. The Kier molecular flexibility index (Phi) is 7.13. The molecule has 0 saturated carbocycles. The third-order valence-electron chi connectivity index (χ3n) is 5.36. The monoisotopic (exact) mass is 468 g/mol. The Labute approximate surface area is 197 Å². The summed E-state index contributed by atoms with van der Waals surface area (Å²) in [5.74, 6) is 1.27. The highest BCUT2D eigenvalue weighted by Gasteiger charge is 2.24. The van der Waals surface area contributed by atoms with E-state index < -0.39 is 0 Å². The first kappa shape index (κ1) is 22.8. The van der Waals surface area contributed by atoms with Gasteiger partial charge in [0.25, 0.3) is 11.8 Å². The summed E-state index contributed by atoms with van der Waals surface area (Å²) < 4.78 is 2.08. The summed E-state index contributed by atoms with van der Waals surface area (Å²) in [4.78, 5) is 34.9. The van der Waals surface area contributed by atoms with Gasteiger partial charge in [-0.3, -0.25) is 9.59 Å². The minimum atomic E-state index is -0.277. The van der Waals surface area contributed by atoms with Crippen LogP contribution in [0.1, 0.15) is 34.6 Å². The largest absolute Gasteiger partial charge is 0.336 e. The number of benzene rings is 2. The van der Waals surface area contributed by atoms with E-state index in [0.717, 1.165) is 33.4 Å². The molecule has 1 aliphatic heterocycles. The predicted molar refractivity (Wildman–Crippen MR) is 133 cm³/mol. The number of hydrogen-bond donors (Lipinski definition) is 1. The van der Waals surface area contributed by atoms with E-state index in [1.807, 2.05) is 23.1 Å². The summed E-state index contributed by atoms with van der Waals surface area (Å²) in [7, 11) is 2.05. The molecule has 1 aliphatic rings. The highest BCUT2D eigenvalue weighted by Crippen LogP contribution is 2.32. The fourth-order valence-electron chi connectivity index (χ4n) is 3.53. The summed E-state index contributed by atoms with van der Waals surface area (Å²) in [6, 6.07) is 12.8. The van der Waals surface area contributed by atoms with Gasteiger partial charge >= 0.3 is 0 Å². The number of nitrogens with one attached hydrogen (secondary N) is 1. The minimum Gasteiger partial charge on any atom is -0.336 e. The van der Waals surface area contributed by atoms with Gasteiger partial charge in [0.1, 0.15) is 0 Å². The number of anilines is 1. The van der Waals surface area contributed by atoms with E-state index in [1.165, 1.54) is 0 Å². The van der Waals surface area contributed by atoms with Crippen LogP contribution >= 0.6 is 23.1 Å². The molecular weight excluding hydrogens is 440 g/mol. The van der Waals surface area contributed by atoms with E-state index in [9.17, 15) is 9.59 Å². The topological polar surface area (TPSA) is 65.5 Å². The lowest BCUT2D eigenvalue weighted by atomic mass is 10.0. The van der Waals surface area contributed by atoms with Crippen molar-refractivity contribution < 1.29 is 9.59 Å². The standard InChI is InChI=1S/C24H28N4O2S2/c1-16(2)15-31-24-26-20-9-8-17(14-21(20)32-24)25-22(29)18-6-4-5-7-19(18)23(30)28-12-10-27(3)11-13-28/h4-9,14,16H,10-13,15H2,1-3H3,(H,25,29). The average molecular weight is 469 g/mol. The van der Waals surface area contributed by atoms with E-state index in [2.05, 4.69) is 36.1 Å². The normalized spacial score (nSPS) is 14.8. The first-order valence-corrected chi connectivity index (χ1v) is 12.6. The van der Waals surface area contributed by atoms with Crippen LogP contribution in [0.3, 0.4) is 0 Å². The summed E-state index contributed by atoms with van der Waals surface area (Å²) in [6.07, 6.45) is 0. The van der Waals surface area contributed by atoms with Crippen molar-refractivity contribution in [2.75, 3.05) is 44.3 Å². The van der Waals surface area contributed by atoms with Crippen LogP contribution < -0.4 is 5.32 Å². The Morgan fingerprint density at radius 1 is 1.09 bits per heavy atom. The fourth-order valence-corrected chi connectivity index (χ4v) is 5.61. The van der Waals surface area contributed by atoms with E-state index in [4.69, 9.17) is 0 Å². The number of thiazole rings is 1. The molecule has 6 nitrogen and oxygen atoms in total. The number of carbonyl (C=O) groups is 2. The van der Waals surface area contributed by atoms with Crippen molar-refractivity contribution in [3.8, 4) is 0 Å². The highest BCUT2D eigenvalue weighted by molar-refractivity contribution is 8.01. The van der Waals surface area contributed by atoms with Crippen LogP contribution in [0.2, 0.25) is 0 Å². The van der Waals surface area contributed by atoms with E-state index in [-0.39, 0.29) is 11.8 Å². The third kappa shape index (κ3) is 5.31. The molecule has 0 atom stereocenters. The summed E-state index contributed by atoms with van der Waals surface area (Å²) in [5.41, 5.74) is 2.48. The van der Waals surface area contributed by atoms with Crippen LogP contribution in [-0.4, -0.2) is 65.6 Å². The van der Waals surface area contributed by atoms with Gasteiger partial charge in [0.2, 0.25) is 0 Å². The molecule has 0 unspecified atom stereocenters. The van der Waals surface area contributed by atoms with Crippen LogP contribution in [0.5, 0.6) is 0 Å². The summed E-state index contributed by atoms with van der Waals surface area (Å²) >= 11 is 3.40.